The second-order valence-electron chi connectivity index (χ2n) is 8.18. The third kappa shape index (κ3) is 4.45. The van der Waals surface area contributed by atoms with Crippen LogP contribution in [0.25, 0.3) is 11.3 Å². The number of carbonyl (C=O) groups is 1. The third-order valence-corrected chi connectivity index (χ3v) is 5.84. The lowest BCUT2D eigenvalue weighted by Gasteiger charge is -2.34. The van der Waals surface area contributed by atoms with E-state index in [1.165, 1.54) is 21.6 Å². The number of carbonyl (C=O) groups excluding carboxylic acids is 1. The number of halogens is 2. The molecule has 12 heteroatoms. The number of nitrogens with zero attached hydrogens (tertiary/aromatic N) is 6. The Balaban J connectivity index is 1.44. The largest absolute Gasteiger partial charge is 0.392 e. The molecule has 1 saturated heterocycles. The van der Waals surface area contributed by atoms with Crippen molar-refractivity contribution in [1.29, 1.82) is 0 Å². The van der Waals surface area contributed by atoms with Gasteiger partial charge in [0.2, 0.25) is 0 Å². The fourth-order valence-corrected chi connectivity index (χ4v) is 3.97. The number of morpholine rings is 1. The Morgan fingerprint density at radius 1 is 1.29 bits per heavy atom. The van der Waals surface area contributed by atoms with Gasteiger partial charge in [0.1, 0.15) is 11.4 Å². The summed E-state index contributed by atoms with van der Waals surface area (Å²) in [6.45, 7) is 3.70. The van der Waals surface area contributed by atoms with Crippen LogP contribution in [0, 0.1) is 0 Å². The van der Waals surface area contributed by atoms with Crippen LogP contribution in [0.1, 0.15) is 35.0 Å². The third-order valence-electron chi connectivity index (χ3n) is 5.84. The molecule has 1 aliphatic rings. The molecule has 0 bridgehead atoms. The fourth-order valence-electron chi connectivity index (χ4n) is 3.97. The molecule has 1 atom stereocenters. The number of anilines is 2. The van der Waals surface area contributed by atoms with E-state index in [0.717, 1.165) is 0 Å². The maximum Gasteiger partial charge on any atom is 0.284 e. The zero-order chi connectivity index (χ0) is 24.5. The van der Waals surface area contributed by atoms with Crippen LogP contribution in [-0.2, 0) is 11.3 Å². The topological polar surface area (TPSA) is 110 Å². The predicted molar refractivity (Wildman–Crippen MR) is 123 cm³/mol. The van der Waals surface area contributed by atoms with Crippen LogP contribution < -0.4 is 10.2 Å². The number of hydrogen-bond acceptors (Lipinski definition) is 7. The van der Waals surface area contributed by atoms with E-state index in [1.807, 2.05) is 13.0 Å². The Hall–Kier alpha value is -3.90. The Morgan fingerprint density at radius 2 is 2.09 bits per heavy atom. The van der Waals surface area contributed by atoms with Gasteiger partial charge >= 0.3 is 0 Å². The van der Waals surface area contributed by atoms with Gasteiger partial charge in [0.15, 0.2) is 11.3 Å². The molecule has 0 radical (unpaired) electrons. The van der Waals surface area contributed by atoms with Crippen LogP contribution in [0.15, 0.2) is 48.9 Å². The number of rotatable bonds is 6. The van der Waals surface area contributed by atoms with Gasteiger partial charge in [0, 0.05) is 12.7 Å². The van der Waals surface area contributed by atoms with E-state index in [9.17, 15) is 18.7 Å². The molecule has 35 heavy (non-hydrogen) atoms. The Bertz CT molecular complexity index is 1350. The molecule has 1 aromatic carbocycles. The van der Waals surface area contributed by atoms with Gasteiger partial charge in [-0.2, -0.15) is 10.2 Å². The number of ether oxygens (including phenoxy) is 1. The molecule has 0 spiro atoms. The van der Waals surface area contributed by atoms with E-state index in [2.05, 4.69) is 25.4 Å². The first-order chi connectivity index (χ1) is 16.9. The maximum absolute atomic E-state index is 13.7. The lowest BCUT2D eigenvalue weighted by molar-refractivity contribution is 0.0985. The molecule has 2 N–H and O–H groups in total. The van der Waals surface area contributed by atoms with Crippen LogP contribution in [0.5, 0.6) is 0 Å². The van der Waals surface area contributed by atoms with Gasteiger partial charge in [0.05, 0.1) is 49.6 Å². The molecule has 182 valence electrons. The van der Waals surface area contributed by atoms with Crippen molar-refractivity contribution in [1.82, 2.24) is 24.4 Å². The van der Waals surface area contributed by atoms with Gasteiger partial charge in [-0.05, 0) is 30.7 Å². The standard InChI is InChI=1S/C23H23F2N7O3/c1-14-13-35-9-8-30(14)19-6-7-31-22(28-19)17(10-26-31)23(34)27-18-11-32(29-20(18)21(24)25)16-4-2-15(12-33)3-5-16/h2-7,10-11,14,21,33H,8-9,12-13H2,1H3,(H,27,34)/t14-/m1/s1. The predicted octanol–water partition coefficient (Wildman–Crippen LogP) is 2.82. The van der Waals surface area contributed by atoms with Gasteiger partial charge in [-0.15, -0.1) is 0 Å². The number of aromatic nitrogens is 5. The van der Waals surface area contributed by atoms with Crippen molar-refractivity contribution >= 4 is 23.1 Å². The van der Waals surface area contributed by atoms with Crippen molar-refractivity contribution in [3.05, 3.63) is 65.7 Å². The number of nitrogens with one attached hydrogen (secondary N) is 1. The summed E-state index contributed by atoms with van der Waals surface area (Å²) in [5.74, 6) is 0.0482. The highest BCUT2D eigenvalue weighted by molar-refractivity contribution is 6.08. The number of fused-ring (bicyclic) bond motifs is 1. The van der Waals surface area contributed by atoms with E-state index < -0.39 is 18.0 Å². The van der Waals surface area contributed by atoms with E-state index in [1.54, 1.807) is 30.5 Å². The molecular weight excluding hydrogens is 460 g/mol. The number of alkyl halides is 2. The minimum Gasteiger partial charge on any atom is -0.392 e. The summed E-state index contributed by atoms with van der Waals surface area (Å²) in [6.07, 6.45) is 1.48. The molecule has 4 aromatic rings. The molecular formula is C23H23F2N7O3. The first kappa shape index (κ1) is 22.9. The van der Waals surface area contributed by atoms with E-state index in [4.69, 9.17) is 4.74 Å². The quantitative estimate of drug-likeness (QED) is 0.434. The summed E-state index contributed by atoms with van der Waals surface area (Å²) in [5.41, 5.74) is 0.962. The molecule has 0 aliphatic carbocycles. The minimum atomic E-state index is -2.90. The first-order valence-electron chi connectivity index (χ1n) is 11.0. The van der Waals surface area contributed by atoms with Gasteiger partial charge in [0.25, 0.3) is 12.3 Å². The number of benzene rings is 1. The molecule has 1 fully saturated rings. The van der Waals surface area contributed by atoms with Gasteiger partial charge in [-0.3, -0.25) is 4.79 Å². The smallest absolute Gasteiger partial charge is 0.284 e. The average molecular weight is 483 g/mol. The zero-order valence-corrected chi connectivity index (χ0v) is 18.8. The molecule has 3 aromatic heterocycles. The van der Waals surface area contributed by atoms with E-state index in [0.29, 0.717) is 42.5 Å². The van der Waals surface area contributed by atoms with Crippen molar-refractivity contribution in [2.75, 3.05) is 30.0 Å². The van der Waals surface area contributed by atoms with Crippen molar-refractivity contribution in [3.63, 3.8) is 0 Å². The molecule has 0 unspecified atom stereocenters. The summed E-state index contributed by atoms with van der Waals surface area (Å²) < 4.78 is 35.6. The van der Waals surface area contributed by atoms with Crippen molar-refractivity contribution < 1.29 is 23.4 Å². The molecule has 4 heterocycles. The van der Waals surface area contributed by atoms with Gasteiger partial charge in [-0.1, -0.05) is 12.1 Å². The van der Waals surface area contributed by atoms with Crippen molar-refractivity contribution in [3.8, 4) is 5.69 Å². The minimum absolute atomic E-state index is 0.116. The highest BCUT2D eigenvalue weighted by atomic mass is 19.3. The number of aliphatic hydroxyl groups is 1. The molecule has 1 aliphatic heterocycles. The highest BCUT2D eigenvalue weighted by Crippen LogP contribution is 2.28. The Labute approximate surface area is 198 Å². The lowest BCUT2D eigenvalue weighted by Crippen LogP contribution is -2.44. The SMILES string of the molecule is C[C@@H]1COCCN1c1ccn2ncc(C(=O)Nc3cn(-c4ccc(CO)cc4)nc3C(F)F)c2n1. The number of aliphatic hydroxyl groups excluding tert-OH is 1. The van der Waals surface area contributed by atoms with Crippen LogP contribution in [0.4, 0.5) is 20.3 Å². The van der Waals surface area contributed by atoms with Gasteiger partial charge in [-0.25, -0.2) is 23.0 Å². The molecule has 0 saturated carbocycles. The lowest BCUT2D eigenvalue weighted by atomic mass is 10.2. The molecule has 10 nitrogen and oxygen atoms in total. The number of amides is 1. The second kappa shape index (κ2) is 9.39. The zero-order valence-electron chi connectivity index (χ0n) is 18.8. The summed E-state index contributed by atoms with van der Waals surface area (Å²) in [4.78, 5) is 19.8. The average Bonchev–Trinajstić information content (AvgIpc) is 3.48. The van der Waals surface area contributed by atoms with E-state index >= 15 is 0 Å². The van der Waals surface area contributed by atoms with Crippen LogP contribution in [0.3, 0.4) is 0 Å². The molecule has 1 amide bonds. The second-order valence-corrected chi connectivity index (χ2v) is 8.18. The van der Waals surface area contributed by atoms with Crippen LogP contribution >= 0.6 is 0 Å². The first-order valence-corrected chi connectivity index (χ1v) is 11.0. The fraction of sp³-hybridized carbons (Fsp3) is 0.304. The normalized spacial score (nSPS) is 16.3. The van der Waals surface area contributed by atoms with Crippen molar-refractivity contribution in [2.24, 2.45) is 0 Å². The van der Waals surface area contributed by atoms with Crippen LogP contribution in [-0.4, -0.2) is 61.2 Å². The summed E-state index contributed by atoms with van der Waals surface area (Å²) >= 11 is 0. The van der Waals surface area contributed by atoms with Crippen molar-refractivity contribution in [2.45, 2.75) is 26.0 Å². The summed E-state index contributed by atoms with van der Waals surface area (Å²) in [6, 6.07) is 8.53. The summed E-state index contributed by atoms with van der Waals surface area (Å²) in [5, 5.41) is 19.9. The maximum atomic E-state index is 13.7. The van der Waals surface area contributed by atoms with Crippen LogP contribution in [0.2, 0.25) is 0 Å². The van der Waals surface area contributed by atoms with Gasteiger partial charge < -0.3 is 20.1 Å². The molecule has 5 rings (SSSR count). The highest BCUT2D eigenvalue weighted by Gasteiger charge is 2.24. The Kier molecular flexibility index (Phi) is 6.14. The Morgan fingerprint density at radius 3 is 2.80 bits per heavy atom. The number of hydrogen-bond donors (Lipinski definition) is 2. The monoisotopic (exact) mass is 483 g/mol. The summed E-state index contributed by atoms with van der Waals surface area (Å²) in [7, 11) is 0. The van der Waals surface area contributed by atoms with E-state index in [-0.39, 0.29) is 23.9 Å².